The van der Waals surface area contributed by atoms with Crippen LogP contribution in [0, 0.1) is 0 Å². The summed E-state index contributed by atoms with van der Waals surface area (Å²) in [5, 5.41) is 0. The first-order valence-electron chi connectivity index (χ1n) is 8.76. The Kier molecular flexibility index (Phi) is 4.43. The minimum Gasteiger partial charge on any atom is -0.486 e. The second-order valence-electron chi connectivity index (χ2n) is 6.58. The van der Waals surface area contributed by atoms with Crippen LogP contribution in [0.4, 0.5) is 11.4 Å². The van der Waals surface area contributed by atoms with Crippen LogP contribution in [-0.2, 0) is 14.8 Å². The summed E-state index contributed by atoms with van der Waals surface area (Å²) < 4.78 is 38.7. The zero-order valence-electron chi connectivity index (χ0n) is 14.8. The van der Waals surface area contributed by atoms with Gasteiger partial charge in [0.25, 0.3) is 10.0 Å². The molecule has 2 aromatic rings. The maximum atomic E-state index is 12.7. The molecule has 1 fully saturated rings. The van der Waals surface area contributed by atoms with Crippen molar-refractivity contribution in [3.8, 4) is 11.5 Å². The standard InChI is InChI=1S/C19H20N2O5S/c1-13(22)21(16-6-7-16)15-4-2-14(3-5-15)20-27(23,24)17-8-9-18-19(12-17)26-11-10-25-18/h2-5,8-9,12,16,20H,6-7,10-11H2,1H3. The van der Waals surface area contributed by atoms with Gasteiger partial charge in [-0.25, -0.2) is 8.42 Å². The van der Waals surface area contributed by atoms with Crippen molar-refractivity contribution in [2.75, 3.05) is 22.8 Å². The van der Waals surface area contributed by atoms with E-state index in [0.717, 1.165) is 18.5 Å². The number of carbonyl (C=O) groups is 1. The van der Waals surface area contributed by atoms with Gasteiger partial charge in [-0.1, -0.05) is 0 Å². The Labute approximate surface area is 157 Å². The SMILES string of the molecule is CC(=O)N(c1ccc(NS(=O)(=O)c2ccc3c(c2)OCCO3)cc1)C1CC1. The number of rotatable bonds is 5. The molecule has 1 aliphatic carbocycles. The molecule has 2 aromatic carbocycles. The normalized spacial score (nSPS) is 15.9. The minimum atomic E-state index is -3.77. The van der Waals surface area contributed by atoms with E-state index in [1.54, 1.807) is 35.2 Å². The predicted molar refractivity (Wildman–Crippen MR) is 101 cm³/mol. The molecule has 142 valence electrons. The van der Waals surface area contributed by atoms with Crippen LogP contribution in [0.25, 0.3) is 0 Å². The molecule has 0 bridgehead atoms. The third kappa shape index (κ3) is 3.71. The number of hydrogen-bond donors (Lipinski definition) is 1. The summed E-state index contributed by atoms with van der Waals surface area (Å²) in [7, 11) is -3.77. The highest BCUT2D eigenvalue weighted by Gasteiger charge is 2.32. The van der Waals surface area contributed by atoms with Gasteiger partial charge in [0.05, 0.1) is 4.90 Å². The Balaban J connectivity index is 1.53. The molecule has 8 heteroatoms. The van der Waals surface area contributed by atoms with Crippen LogP contribution in [-0.4, -0.2) is 33.6 Å². The van der Waals surface area contributed by atoms with Crippen LogP contribution < -0.4 is 19.1 Å². The zero-order valence-corrected chi connectivity index (χ0v) is 15.7. The summed E-state index contributed by atoms with van der Waals surface area (Å²) in [5.74, 6) is 0.942. The van der Waals surface area contributed by atoms with Crippen LogP contribution >= 0.6 is 0 Å². The van der Waals surface area contributed by atoms with Crippen molar-refractivity contribution in [3.05, 3.63) is 42.5 Å². The first-order chi connectivity index (χ1) is 12.9. The van der Waals surface area contributed by atoms with E-state index >= 15 is 0 Å². The average molecular weight is 388 g/mol. The summed E-state index contributed by atoms with van der Waals surface area (Å²) in [6.07, 6.45) is 2.00. The molecular weight excluding hydrogens is 368 g/mol. The van der Waals surface area contributed by atoms with Crippen LogP contribution in [0.5, 0.6) is 11.5 Å². The van der Waals surface area contributed by atoms with Gasteiger partial charge in [-0.2, -0.15) is 0 Å². The summed E-state index contributed by atoms with van der Waals surface area (Å²) in [5.41, 5.74) is 1.19. The Hall–Kier alpha value is -2.74. The largest absolute Gasteiger partial charge is 0.486 e. The number of hydrogen-bond acceptors (Lipinski definition) is 5. The lowest BCUT2D eigenvalue weighted by Crippen LogP contribution is -2.30. The molecule has 1 heterocycles. The van der Waals surface area contributed by atoms with Crippen molar-refractivity contribution >= 4 is 27.3 Å². The molecule has 0 unspecified atom stereocenters. The number of nitrogens with zero attached hydrogens (tertiary/aromatic N) is 1. The van der Waals surface area contributed by atoms with E-state index in [0.29, 0.717) is 30.4 Å². The van der Waals surface area contributed by atoms with Gasteiger partial charge in [-0.15, -0.1) is 0 Å². The van der Waals surface area contributed by atoms with E-state index in [-0.39, 0.29) is 16.8 Å². The fourth-order valence-electron chi connectivity index (χ4n) is 3.08. The van der Waals surface area contributed by atoms with Crippen molar-refractivity contribution in [2.45, 2.75) is 30.7 Å². The van der Waals surface area contributed by atoms with E-state index < -0.39 is 10.0 Å². The lowest BCUT2D eigenvalue weighted by molar-refractivity contribution is -0.116. The Bertz CT molecular complexity index is 968. The van der Waals surface area contributed by atoms with Crippen LogP contribution in [0.15, 0.2) is 47.4 Å². The number of carbonyl (C=O) groups excluding carboxylic acids is 1. The second-order valence-corrected chi connectivity index (χ2v) is 8.26. The average Bonchev–Trinajstić information content (AvgIpc) is 3.47. The molecule has 0 spiro atoms. The maximum absolute atomic E-state index is 12.7. The van der Waals surface area contributed by atoms with E-state index in [1.165, 1.54) is 19.1 Å². The first kappa shape index (κ1) is 17.7. The molecule has 0 radical (unpaired) electrons. The van der Waals surface area contributed by atoms with Gasteiger partial charge < -0.3 is 14.4 Å². The zero-order chi connectivity index (χ0) is 19.0. The van der Waals surface area contributed by atoms with E-state index in [2.05, 4.69) is 4.72 Å². The third-order valence-electron chi connectivity index (χ3n) is 4.47. The lowest BCUT2D eigenvalue weighted by Gasteiger charge is -2.21. The topological polar surface area (TPSA) is 84.9 Å². The molecule has 1 aliphatic heterocycles. The Morgan fingerprint density at radius 1 is 1.04 bits per heavy atom. The van der Waals surface area contributed by atoms with Gasteiger partial charge in [-0.3, -0.25) is 9.52 Å². The molecule has 0 atom stereocenters. The number of ether oxygens (including phenoxy) is 2. The van der Waals surface area contributed by atoms with E-state index in [1.807, 2.05) is 0 Å². The number of benzene rings is 2. The van der Waals surface area contributed by atoms with Gasteiger partial charge >= 0.3 is 0 Å². The number of amides is 1. The molecule has 0 saturated heterocycles. The van der Waals surface area contributed by atoms with Crippen molar-refractivity contribution in [1.29, 1.82) is 0 Å². The molecule has 7 nitrogen and oxygen atoms in total. The molecule has 4 rings (SSSR count). The third-order valence-corrected chi connectivity index (χ3v) is 5.85. The molecule has 1 amide bonds. The number of sulfonamides is 1. The monoisotopic (exact) mass is 388 g/mol. The maximum Gasteiger partial charge on any atom is 0.262 e. The Morgan fingerprint density at radius 2 is 1.70 bits per heavy atom. The minimum absolute atomic E-state index is 0.0119. The first-order valence-corrected chi connectivity index (χ1v) is 10.2. The van der Waals surface area contributed by atoms with Crippen molar-refractivity contribution < 1.29 is 22.7 Å². The van der Waals surface area contributed by atoms with Gasteiger partial charge in [-0.05, 0) is 49.2 Å². The van der Waals surface area contributed by atoms with Crippen molar-refractivity contribution in [2.24, 2.45) is 0 Å². The lowest BCUT2D eigenvalue weighted by atomic mass is 10.2. The quantitative estimate of drug-likeness (QED) is 0.851. The van der Waals surface area contributed by atoms with Crippen LogP contribution in [0.3, 0.4) is 0 Å². The van der Waals surface area contributed by atoms with Gasteiger partial charge in [0.2, 0.25) is 5.91 Å². The summed E-state index contributed by atoms with van der Waals surface area (Å²) in [4.78, 5) is 13.7. The molecular formula is C19H20N2O5S. The second kappa shape index (κ2) is 6.77. The number of anilines is 2. The predicted octanol–water partition coefficient (Wildman–Crippen LogP) is 2.77. The number of nitrogens with one attached hydrogen (secondary N) is 1. The highest BCUT2D eigenvalue weighted by molar-refractivity contribution is 7.92. The van der Waals surface area contributed by atoms with E-state index in [4.69, 9.17) is 9.47 Å². The van der Waals surface area contributed by atoms with Crippen molar-refractivity contribution in [3.63, 3.8) is 0 Å². The fraction of sp³-hybridized carbons (Fsp3) is 0.316. The molecule has 27 heavy (non-hydrogen) atoms. The highest BCUT2D eigenvalue weighted by Crippen LogP contribution is 2.34. The van der Waals surface area contributed by atoms with Crippen LogP contribution in [0.1, 0.15) is 19.8 Å². The van der Waals surface area contributed by atoms with Gasteiger partial charge in [0.15, 0.2) is 11.5 Å². The van der Waals surface area contributed by atoms with Crippen molar-refractivity contribution in [1.82, 2.24) is 0 Å². The van der Waals surface area contributed by atoms with E-state index in [9.17, 15) is 13.2 Å². The van der Waals surface area contributed by atoms with Gasteiger partial charge in [0.1, 0.15) is 13.2 Å². The molecule has 0 aromatic heterocycles. The summed E-state index contributed by atoms with van der Waals surface area (Å²) >= 11 is 0. The smallest absolute Gasteiger partial charge is 0.262 e. The Morgan fingerprint density at radius 3 is 2.33 bits per heavy atom. The molecule has 2 aliphatic rings. The highest BCUT2D eigenvalue weighted by atomic mass is 32.2. The summed E-state index contributed by atoms with van der Waals surface area (Å²) in [6.45, 7) is 2.37. The van der Waals surface area contributed by atoms with Crippen LogP contribution in [0.2, 0.25) is 0 Å². The number of fused-ring (bicyclic) bond motifs is 1. The fourth-order valence-corrected chi connectivity index (χ4v) is 4.15. The summed E-state index contributed by atoms with van der Waals surface area (Å²) in [6, 6.07) is 11.6. The van der Waals surface area contributed by atoms with Gasteiger partial charge in [0, 0.05) is 30.4 Å². The molecule has 1 N–H and O–H groups in total. The molecule has 1 saturated carbocycles.